The maximum absolute atomic E-state index is 14.5. The summed E-state index contributed by atoms with van der Waals surface area (Å²) in [5.41, 5.74) is 13.1. The van der Waals surface area contributed by atoms with E-state index in [9.17, 15) is 33.6 Å². The lowest BCUT2D eigenvalue weighted by molar-refractivity contribution is -0.142. The second kappa shape index (κ2) is 21.2. The average molecular weight is 810 g/mol. The number of H-pyrrole nitrogens is 2. The van der Waals surface area contributed by atoms with Crippen LogP contribution in [0.2, 0.25) is 0 Å². The summed E-state index contributed by atoms with van der Waals surface area (Å²) >= 11 is 1.48. The minimum absolute atomic E-state index is 0.0410. The molecule has 4 rings (SSSR count). The van der Waals surface area contributed by atoms with E-state index in [2.05, 4.69) is 41.5 Å². The van der Waals surface area contributed by atoms with Crippen molar-refractivity contribution >= 4 is 64.0 Å². The molecule has 1 fully saturated rings. The van der Waals surface area contributed by atoms with E-state index in [4.69, 9.17) is 11.5 Å². The van der Waals surface area contributed by atoms with Crippen molar-refractivity contribution in [3.8, 4) is 0 Å². The molecule has 1 aliphatic rings. The lowest BCUT2D eigenvalue weighted by atomic mass is 9.98. The van der Waals surface area contributed by atoms with Crippen molar-refractivity contribution in [2.75, 3.05) is 25.1 Å². The minimum atomic E-state index is -1.25. The van der Waals surface area contributed by atoms with Gasteiger partial charge in [-0.1, -0.05) is 38.5 Å². The number of thioether (sulfide) groups is 1. The van der Waals surface area contributed by atoms with Crippen LogP contribution >= 0.6 is 11.8 Å². The molecule has 0 radical (unpaired) electrons. The third-order valence-electron chi connectivity index (χ3n) is 10.2. The number of imidazole rings is 1. The number of carbonyl (C=O) groups excluding carboxylic acids is 7. The van der Waals surface area contributed by atoms with Gasteiger partial charge in [0, 0.05) is 48.4 Å². The van der Waals surface area contributed by atoms with E-state index < -0.39 is 77.6 Å². The lowest BCUT2D eigenvalue weighted by Crippen LogP contribution is -2.60. The summed E-state index contributed by atoms with van der Waals surface area (Å²) in [6, 6.07) is 1.16. The highest BCUT2D eigenvalue weighted by Gasteiger charge is 2.40. The zero-order valence-electron chi connectivity index (χ0n) is 32.8. The topological polar surface area (TPSA) is 279 Å². The number of fused-ring (bicyclic) bond motifs is 1. The zero-order chi connectivity index (χ0) is 41.6. The Labute approximate surface area is 335 Å². The maximum Gasteiger partial charge on any atom is 0.246 e. The van der Waals surface area contributed by atoms with Crippen molar-refractivity contribution in [1.82, 2.24) is 46.4 Å². The van der Waals surface area contributed by atoms with Crippen LogP contribution < -0.4 is 38.1 Å². The first-order valence-electron chi connectivity index (χ1n) is 19.1. The molecule has 1 aliphatic heterocycles. The highest BCUT2D eigenvalue weighted by molar-refractivity contribution is 7.98. The number of aromatic amines is 2. The Morgan fingerprint density at radius 2 is 1.65 bits per heavy atom. The Hall–Kier alpha value is -5.43. The van der Waals surface area contributed by atoms with Gasteiger partial charge >= 0.3 is 0 Å². The number of likely N-dealkylation sites (tertiary alicyclic amines) is 1. The number of aromatic nitrogens is 3. The molecule has 2 aromatic heterocycles. The molecule has 7 amide bonds. The summed E-state index contributed by atoms with van der Waals surface area (Å²) < 4.78 is 0. The van der Waals surface area contributed by atoms with Crippen LogP contribution in [0.3, 0.4) is 0 Å². The van der Waals surface area contributed by atoms with Gasteiger partial charge in [-0.15, -0.1) is 0 Å². The SMILES string of the molecule is CC[C@H](C)[C@@H](NC(=O)[C@H]1CCCN1C(=O)[C@@H](Cc1c[nH]c2ccccc12)NC(=O)[C@@H](Cc1cnc[nH]1)NC(=O)[C@H](C)NC(=O)[C@H](CCSC)NC(=O)CN)C(N)=O. The smallest absolute Gasteiger partial charge is 0.246 e. The summed E-state index contributed by atoms with van der Waals surface area (Å²) in [6.07, 6.45) is 8.26. The van der Waals surface area contributed by atoms with Crippen LogP contribution in [0.4, 0.5) is 0 Å². The van der Waals surface area contributed by atoms with Gasteiger partial charge in [-0.05, 0) is 55.7 Å². The molecule has 7 atom stereocenters. The molecule has 19 heteroatoms. The fourth-order valence-corrected chi connectivity index (χ4v) is 7.21. The van der Waals surface area contributed by atoms with Crippen LogP contribution in [0.25, 0.3) is 10.9 Å². The molecule has 0 bridgehead atoms. The summed E-state index contributed by atoms with van der Waals surface area (Å²) in [4.78, 5) is 105. The first-order valence-corrected chi connectivity index (χ1v) is 20.5. The van der Waals surface area contributed by atoms with Gasteiger partial charge in [0.25, 0.3) is 0 Å². The van der Waals surface area contributed by atoms with Crippen LogP contribution in [0, 0.1) is 5.92 Å². The number of rotatable bonds is 21. The Bertz CT molecular complexity index is 1870. The van der Waals surface area contributed by atoms with Gasteiger partial charge in [-0.2, -0.15) is 11.8 Å². The quantitative estimate of drug-likeness (QED) is 0.0656. The van der Waals surface area contributed by atoms with Crippen LogP contribution in [0.1, 0.15) is 57.7 Å². The fraction of sp³-hybridized carbons (Fsp3) is 0.526. The summed E-state index contributed by atoms with van der Waals surface area (Å²) in [5.74, 6) is -3.90. The molecule has 0 saturated carbocycles. The van der Waals surface area contributed by atoms with Crippen LogP contribution in [-0.4, -0.2) is 123 Å². The average Bonchev–Trinajstić information content (AvgIpc) is 3.99. The highest BCUT2D eigenvalue weighted by Crippen LogP contribution is 2.24. The van der Waals surface area contributed by atoms with Gasteiger partial charge in [-0.25, -0.2) is 4.98 Å². The van der Waals surface area contributed by atoms with Crippen LogP contribution in [0.15, 0.2) is 43.0 Å². The molecular weight excluding hydrogens is 755 g/mol. The number of carbonyl (C=O) groups is 7. The molecule has 0 unspecified atom stereocenters. The molecular formula is C38H55N11O7S. The number of nitrogens with zero attached hydrogens (tertiary/aromatic N) is 2. The number of nitrogens with two attached hydrogens (primary N) is 2. The van der Waals surface area contributed by atoms with Crippen LogP contribution in [-0.2, 0) is 46.4 Å². The Morgan fingerprint density at radius 3 is 2.32 bits per heavy atom. The van der Waals surface area contributed by atoms with E-state index in [0.717, 1.165) is 16.5 Å². The normalized spacial score (nSPS) is 17.1. The van der Waals surface area contributed by atoms with E-state index >= 15 is 0 Å². The third kappa shape index (κ3) is 12.0. The predicted molar refractivity (Wildman–Crippen MR) is 215 cm³/mol. The van der Waals surface area contributed by atoms with E-state index in [1.807, 2.05) is 37.4 Å². The number of amides is 7. The largest absolute Gasteiger partial charge is 0.368 e. The van der Waals surface area contributed by atoms with E-state index in [-0.39, 0.29) is 31.8 Å². The minimum Gasteiger partial charge on any atom is -0.368 e. The Morgan fingerprint density at radius 1 is 0.930 bits per heavy atom. The first-order chi connectivity index (χ1) is 27.3. The van der Waals surface area contributed by atoms with Gasteiger partial charge < -0.3 is 52.9 Å². The monoisotopic (exact) mass is 809 g/mol. The van der Waals surface area contributed by atoms with Crippen molar-refractivity contribution in [2.45, 2.75) is 95.5 Å². The van der Waals surface area contributed by atoms with Crippen molar-refractivity contribution in [3.63, 3.8) is 0 Å². The third-order valence-corrected chi connectivity index (χ3v) is 10.8. The standard InChI is InChI=1S/C38H55N11O7S/c1-5-21(2)32(33(40)51)48-37(55)30-11-8-13-49(30)38(56)29(15-23-18-42-26-10-7-6-9-25(23)26)47-36(54)28(16-24-19-41-20-43-24)46-34(52)22(3)44-35(53)27(12-14-57-4)45-31(50)17-39/h6-7,9-10,18-22,27-30,32,42H,5,8,11-17,39H2,1-4H3,(H2,40,51)(H,41,43)(H,44,53)(H,45,50)(H,46,52)(H,47,54)(H,48,55)/t21-,22-,27-,28+,29+,30+,32+/m0/s1. The lowest BCUT2D eigenvalue weighted by Gasteiger charge is -2.31. The van der Waals surface area contributed by atoms with Gasteiger partial charge in [0.15, 0.2) is 0 Å². The van der Waals surface area contributed by atoms with E-state index in [0.29, 0.717) is 37.1 Å². The molecule has 57 heavy (non-hydrogen) atoms. The first kappa shape index (κ1) is 44.3. The van der Waals surface area contributed by atoms with Gasteiger partial charge in [0.1, 0.15) is 36.3 Å². The molecule has 18 nitrogen and oxygen atoms in total. The Balaban J connectivity index is 1.59. The molecule has 0 aliphatic carbocycles. The van der Waals surface area contributed by atoms with E-state index in [1.165, 1.54) is 36.1 Å². The molecule has 3 aromatic rings. The summed E-state index contributed by atoms with van der Waals surface area (Å²) in [7, 11) is 0. The van der Waals surface area contributed by atoms with Gasteiger partial charge in [-0.3, -0.25) is 33.6 Å². The van der Waals surface area contributed by atoms with Crippen molar-refractivity contribution in [3.05, 3.63) is 54.2 Å². The van der Waals surface area contributed by atoms with Crippen molar-refractivity contribution < 1.29 is 33.6 Å². The van der Waals surface area contributed by atoms with Crippen molar-refractivity contribution in [2.24, 2.45) is 17.4 Å². The molecule has 0 spiro atoms. The second-order valence-electron chi connectivity index (χ2n) is 14.3. The summed E-state index contributed by atoms with van der Waals surface area (Å²) in [6.45, 7) is 5.05. The Kier molecular flexibility index (Phi) is 16.5. The zero-order valence-corrected chi connectivity index (χ0v) is 33.6. The number of nitrogens with one attached hydrogen (secondary N) is 7. The highest BCUT2D eigenvalue weighted by atomic mass is 32.2. The molecule has 310 valence electrons. The predicted octanol–water partition coefficient (Wildman–Crippen LogP) is -0.646. The molecule has 11 N–H and O–H groups in total. The number of hydrogen-bond donors (Lipinski definition) is 9. The van der Waals surface area contributed by atoms with Gasteiger partial charge in [0.2, 0.25) is 41.4 Å². The molecule has 1 saturated heterocycles. The fourth-order valence-electron chi connectivity index (χ4n) is 6.73. The maximum atomic E-state index is 14.5. The molecule has 3 heterocycles. The summed E-state index contributed by atoms with van der Waals surface area (Å²) in [5, 5.41) is 14.3. The van der Waals surface area contributed by atoms with E-state index in [1.54, 1.807) is 13.1 Å². The number of hydrogen-bond acceptors (Lipinski definition) is 10. The second-order valence-corrected chi connectivity index (χ2v) is 15.3. The van der Waals surface area contributed by atoms with Crippen LogP contribution in [0.5, 0.6) is 0 Å². The van der Waals surface area contributed by atoms with Crippen molar-refractivity contribution in [1.29, 1.82) is 0 Å². The van der Waals surface area contributed by atoms with Gasteiger partial charge in [0.05, 0.1) is 12.9 Å². The number of benzene rings is 1. The number of primary amides is 1. The number of para-hydroxylation sites is 1. The molecule has 1 aromatic carbocycles.